The summed E-state index contributed by atoms with van der Waals surface area (Å²) in [6.45, 7) is 1.79. The van der Waals surface area contributed by atoms with Gasteiger partial charge in [0, 0.05) is 18.8 Å². The lowest BCUT2D eigenvalue weighted by molar-refractivity contribution is -0.142. The first kappa shape index (κ1) is 33.8. The summed E-state index contributed by atoms with van der Waals surface area (Å²) in [5.74, 6) is -2.24. The van der Waals surface area contributed by atoms with Crippen molar-refractivity contribution in [2.75, 3.05) is 6.54 Å². The molecule has 2 aliphatic heterocycles. The highest BCUT2D eigenvalue weighted by Crippen LogP contribution is 2.57. The van der Waals surface area contributed by atoms with Crippen LogP contribution in [0.4, 0.5) is 4.39 Å². The molecule has 2 aliphatic carbocycles. The summed E-state index contributed by atoms with van der Waals surface area (Å²) in [5, 5.41) is 0.451. The van der Waals surface area contributed by atoms with E-state index in [4.69, 9.17) is 4.74 Å². The first-order valence-corrected chi connectivity index (χ1v) is 19.6. The first-order valence-electron chi connectivity index (χ1n) is 17.3. The molecule has 0 bridgehead atoms. The highest BCUT2D eigenvalue weighted by Gasteiger charge is 2.62. The molecule has 0 spiro atoms. The van der Waals surface area contributed by atoms with Crippen LogP contribution in [0.5, 0.6) is 5.19 Å². The van der Waals surface area contributed by atoms with Crippen LogP contribution in [0.1, 0.15) is 76.7 Å². The zero-order valence-corrected chi connectivity index (χ0v) is 29.2. The molecule has 1 saturated heterocycles. The number of amides is 2. The van der Waals surface area contributed by atoms with E-state index in [-0.39, 0.29) is 42.8 Å². The van der Waals surface area contributed by atoms with E-state index in [1.165, 1.54) is 23.5 Å². The Bertz CT molecular complexity index is 1870. The van der Waals surface area contributed by atoms with Crippen LogP contribution >= 0.6 is 11.3 Å². The van der Waals surface area contributed by atoms with Gasteiger partial charge >= 0.3 is 0 Å². The fourth-order valence-corrected chi connectivity index (χ4v) is 9.63. The molecule has 3 fully saturated rings. The van der Waals surface area contributed by atoms with Gasteiger partial charge < -0.3 is 9.64 Å². The number of rotatable bonds is 7. The molecule has 9 nitrogen and oxygen atoms in total. The molecular formula is C37H42FN3O6S2. The third kappa shape index (κ3) is 7.04. The largest absolute Gasteiger partial charge is 0.465 e. The van der Waals surface area contributed by atoms with E-state index in [2.05, 4.69) is 9.71 Å². The summed E-state index contributed by atoms with van der Waals surface area (Å²) < 4.78 is 49.0. The van der Waals surface area contributed by atoms with Crippen LogP contribution in [0.15, 0.2) is 60.7 Å². The highest BCUT2D eigenvalue weighted by molar-refractivity contribution is 7.91. The minimum absolute atomic E-state index is 0.167. The average Bonchev–Trinajstić information content (AvgIpc) is 3.87. The normalized spacial score (nSPS) is 29.3. The summed E-state index contributed by atoms with van der Waals surface area (Å²) in [6, 6.07) is 13.1. The lowest BCUT2D eigenvalue weighted by Crippen LogP contribution is -2.47. The Labute approximate surface area is 290 Å². The number of carbonyl (C=O) groups excluding carboxylic acids is 3. The number of nitrogens with zero attached hydrogens (tertiary/aromatic N) is 2. The molecular weight excluding hydrogens is 666 g/mol. The Kier molecular flexibility index (Phi) is 9.14. The van der Waals surface area contributed by atoms with Gasteiger partial charge in [0.05, 0.1) is 33.0 Å². The van der Waals surface area contributed by atoms with Crippen molar-refractivity contribution < 1.29 is 31.9 Å². The smallest absolute Gasteiger partial charge is 0.274 e. The van der Waals surface area contributed by atoms with Crippen molar-refractivity contribution in [1.82, 2.24) is 14.6 Å². The van der Waals surface area contributed by atoms with Gasteiger partial charge in [-0.15, -0.1) is 0 Å². The minimum atomic E-state index is -3.90. The molecule has 49 heavy (non-hydrogen) atoms. The molecule has 5 atom stereocenters. The average molecular weight is 708 g/mol. The van der Waals surface area contributed by atoms with Gasteiger partial charge in [-0.3, -0.25) is 19.1 Å². The lowest BCUT2D eigenvalue weighted by Gasteiger charge is -2.29. The molecule has 2 amide bonds. The molecule has 7 rings (SSSR count). The SMILES string of the molecule is CC1(S(=O)(=O)NC(=O)[C@]23CC(=O)[C@@H]4C[C@@H](Oc5nc6ccccc6s5)CN4C(=O)[C@@H](Cc4cccc(F)c4)CCCCC/C=C\[C@@H]2C3)CC1. The Morgan fingerprint density at radius 3 is 2.71 bits per heavy atom. The van der Waals surface area contributed by atoms with Gasteiger partial charge in [0.1, 0.15) is 11.9 Å². The first-order chi connectivity index (χ1) is 23.5. The third-order valence-corrected chi connectivity index (χ3v) is 14.0. The number of fused-ring (bicyclic) bond motifs is 3. The maximum absolute atomic E-state index is 14.5. The number of carbonyl (C=O) groups is 3. The Balaban J connectivity index is 1.18. The van der Waals surface area contributed by atoms with Crippen LogP contribution in [-0.2, 0) is 30.8 Å². The standard InChI is InChI=1S/C37H42FN3O6S2/c1-36(16-17-36)49(45,46)40-34(44)37-21-26(37)12-6-4-2-3-5-11-25(18-24-10-9-13-27(38)19-24)33(43)41-23-28(20-30(41)31(42)22-37)47-35-39-29-14-7-8-15-32(29)48-35/h6-10,12-15,19,25-26,28,30H,2-5,11,16-18,20-23H2,1H3,(H,40,44)/b12-6-/t25-,26-,28-,30+,37-/m1/s1. The van der Waals surface area contributed by atoms with Crippen molar-refractivity contribution in [3.63, 3.8) is 0 Å². The zero-order chi connectivity index (χ0) is 34.4. The van der Waals surface area contributed by atoms with Crippen LogP contribution in [-0.4, -0.2) is 59.3 Å². The monoisotopic (exact) mass is 707 g/mol. The highest BCUT2D eigenvalue weighted by atomic mass is 32.2. The summed E-state index contributed by atoms with van der Waals surface area (Å²) in [7, 11) is -3.90. The number of ether oxygens (including phenoxy) is 1. The number of thiazole rings is 1. The molecule has 3 aromatic rings. The Hall–Kier alpha value is -3.64. The summed E-state index contributed by atoms with van der Waals surface area (Å²) >= 11 is 1.40. The number of aromatic nitrogens is 1. The molecule has 0 unspecified atom stereocenters. The van der Waals surface area contributed by atoms with E-state index in [9.17, 15) is 27.2 Å². The number of halogens is 1. The topological polar surface area (TPSA) is 123 Å². The summed E-state index contributed by atoms with van der Waals surface area (Å²) in [4.78, 5) is 48.9. The summed E-state index contributed by atoms with van der Waals surface area (Å²) in [6.07, 6.45) is 9.12. The second kappa shape index (κ2) is 13.2. The second-order valence-electron chi connectivity index (χ2n) is 14.5. The molecule has 1 N–H and O–H groups in total. The Morgan fingerprint density at radius 2 is 1.94 bits per heavy atom. The van der Waals surface area contributed by atoms with Crippen molar-refractivity contribution in [1.29, 1.82) is 0 Å². The van der Waals surface area contributed by atoms with Crippen molar-refractivity contribution in [2.24, 2.45) is 17.3 Å². The van der Waals surface area contributed by atoms with Crippen LogP contribution in [0.25, 0.3) is 10.2 Å². The van der Waals surface area contributed by atoms with Crippen molar-refractivity contribution in [3.05, 3.63) is 72.1 Å². The van der Waals surface area contributed by atoms with Crippen LogP contribution in [0, 0.1) is 23.1 Å². The van der Waals surface area contributed by atoms with E-state index in [0.717, 1.165) is 35.9 Å². The van der Waals surface area contributed by atoms with Crippen LogP contribution < -0.4 is 9.46 Å². The van der Waals surface area contributed by atoms with E-state index in [1.54, 1.807) is 17.9 Å². The number of Topliss-reactive ketones (excluding diaryl/α,β-unsaturated/α-hetero) is 1. The molecule has 4 aliphatic rings. The van der Waals surface area contributed by atoms with Gasteiger partial charge in [-0.05, 0) is 87.6 Å². The quantitative estimate of drug-likeness (QED) is 0.294. The number of hydrogen-bond acceptors (Lipinski definition) is 8. The van der Waals surface area contributed by atoms with Gasteiger partial charge in [0.15, 0.2) is 5.78 Å². The minimum Gasteiger partial charge on any atom is -0.465 e. The van der Waals surface area contributed by atoms with Crippen molar-refractivity contribution in [2.45, 2.75) is 94.4 Å². The van der Waals surface area contributed by atoms with Gasteiger partial charge in [-0.2, -0.15) is 0 Å². The fraction of sp³-hybridized carbons (Fsp3) is 0.514. The number of ketones is 1. The van der Waals surface area contributed by atoms with Crippen molar-refractivity contribution >= 4 is 49.2 Å². The second-order valence-corrected chi connectivity index (χ2v) is 17.7. The zero-order valence-electron chi connectivity index (χ0n) is 27.6. The van der Waals surface area contributed by atoms with Crippen molar-refractivity contribution in [3.8, 4) is 5.19 Å². The number of nitrogens with one attached hydrogen (secondary N) is 1. The van der Waals surface area contributed by atoms with E-state index in [1.807, 2.05) is 42.5 Å². The maximum atomic E-state index is 14.5. The van der Waals surface area contributed by atoms with Crippen LogP contribution in [0.3, 0.4) is 0 Å². The predicted octanol–water partition coefficient (Wildman–Crippen LogP) is 6.13. The molecule has 12 heteroatoms. The number of benzene rings is 2. The number of para-hydroxylation sites is 1. The molecule has 260 valence electrons. The molecule has 1 aromatic heterocycles. The van der Waals surface area contributed by atoms with Crippen LogP contribution in [0.2, 0.25) is 0 Å². The lowest BCUT2D eigenvalue weighted by atomic mass is 9.90. The molecule has 2 saturated carbocycles. The van der Waals surface area contributed by atoms with Gasteiger partial charge in [-0.25, -0.2) is 17.8 Å². The molecule has 3 heterocycles. The number of hydrogen-bond donors (Lipinski definition) is 1. The van der Waals surface area contributed by atoms with Gasteiger partial charge in [-0.1, -0.05) is 60.6 Å². The molecule has 0 radical (unpaired) electrons. The Morgan fingerprint density at radius 1 is 1.12 bits per heavy atom. The number of sulfonamides is 1. The molecule has 2 aromatic carbocycles. The summed E-state index contributed by atoms with van der Waals surface area (Å²) in [5.41, 5.74) is 0.312. The van der Waals surface area contributed by atoms with E-state index < -0.39 is 44.2 Å². The number of allylic oxidation sites excluding steroid dienone is 2. The third-order valence-electron chi connectivity index (χ3n) is 10.9. The maximum Gasteiger partial charge on any atom is 0.274 e. The van der Waals surface area contributed by atoms with Gasteiger partial charge in [0.25, 0.3) is 5.19 Å². The van der Waals surface area contributed by atoms with E-state index in [0.29, 0.717) is 42.9 Å². The van der Waals surface area contributed by atoms with Gasteiger partial charge in [0.2, 0.25) is 21.8 Å². The van der Waals surface area contributed by atoms with E-state index >= 15 is 0 Å². The fourth-order valence-electron chi connectivity index (χ4n) is 7.41. The predicted molar refractivity (Wildman–Crippen MR) is 185 cm³/mol.